The van der Waals surface area contributed by atoms with E-state index in [0.717, 1.165) is 0 Å². The third kappa shape index (κ3) is 3.35. The summed E-state index contributed by atoms with van der Waals surface area (Å²) in [6.45, 7) is 14.1. The first-order chi connectivity index (χ1) is 9.85. The quantitative estimate of drug-likeness (QED) is 0.504. The van der Waals surface area contributed by atoms with Crippen molar-refractivity contribution < 1.29 is 23.2 Å². The number of fused-ring (bicyclic) bond motifs is 1. The third-order valence-corrected chi connectivity index (χ3v) is 10.4. The van der Waals surface area contributed by atoms with Gasteiger partial charge < -0.3 is 0 Å². The summed E-state index contributed by atoms with van der Waals surface area (Å²) in [4.78, 5) is 0. The first-order valence-electron chi connectivity index (χ1n) is 7.81. The number of halogens is 2. The predicted molar refractivity (Wildman–Crippen MR) is 102 cm³/mol. The number of hydrogen-bond acceptors (Lipinski definition) is 0. The van der Waals surface area contributed by atoms with Gasteiger partial charge >= 0.3 is 141 Å². The molecule has 3 heteroatoms. The number of allylic oxidation sites excluding steroid dienone is 6. The van der Waals surface area contributed by atoms with Gasteiger partial charge in [-0.15, -0.1) is 24.8 Å². The standard InChI is InChI=1S/C11H11.C9H13.2ClH.Zr/c1-8-7-9(2)11-6-4-3-5-10(8)11;1-6-5-7(2)9(4)8(6)3;;;/h3-7H,1-2H3;6H,1-4H3;2*1H;. The van der Waals surface area contributed by atoms with E-state index in [2.05, 4.69) is 71.9 Å². The Kier molecular flexibility index (Phi) is 6.76. The Bertz CT molecular complexity index is 712. The van der Waals surface area contributed by atoms with Crippen molar-refractivity contribution in [2.24, 2.45) is 5.92 Å². The van der Waals surface area contributed by atoms with Crippen LogP contribution in [0.4, 0.5) is 0 Å². The van der Waals surface area contributed by atoms with Gasteiger partial charge in [0.2, 0.25) is 0 Å². The van der Waals surface area contributed by atoms with Gasteiger partial charge in [-0.1, -0.05) is 0 Å². The molecule has 0 saturated carbocycles. The van der Waals surface area contributed by atoms with Crippen LogP contribution in [0, 0.1) is 5.92 Å². The summed E-state index contributed by atoms with van der Waals surface area (Å²) in [5, 5.41) is 0. The maximum absolute atomic E-state index is 2.56. The second-order valence-corrected chi connectivity index (χ2v) is 11.3. The molecule has 3 rings (SSSR count). The van der Waals surface area contributed by atoms with Crippen LogP contribution in [0.1, 0.15) is 52.7 Å². The molecular weight excluding hydrogens is 402 g/mol. The zero-order valence-corrected chi connectivity index (χ0v) is 18.9. The summed E-state index contributed by atoms with van der Waals surface area (Å²) < 4.78 is 2.12. The molecule has 0 nitrogen and oxygen atoms in total. The van der Waals surface area contributed by atoms with Crippen LogP contribution in [0.25, 0.3) is 5.57 Å². The monoisotopic (exact) mass is 426 g/mol. The van der Waals surface area contributed by atoms with Gasteiger partial charge in [0.25, 0.3) is 0 Å². The molecule has 0 amide bonds. The zero-order chi connectivity index (χ0) is 15.4. The van der Waals surface area contributed by atoms with Crippen LogP contribution < -0.4 is 0 Å². The summed E-state index contributed by atoms with van der Waals surface area (Å²) in [5.41, 5.74) is 9.27. The fourth-order valence-electron chi connectivity index (χ4n) is 3.82. The Morgan fingerprint density at radius 1 is 0.957 bits per heavy atom. The van der Waals surface area contributed by atoms with Crippen molar-refractivity contribution in [3.05, 3.63) is 61.5 Å². The molecule has 1 aromatic carbocycles. The largest absolute Gasteiger partial charge is 0.147 e. The SMILES string of the molecule is CC1=C[C](C)([Zr][C]2=C(C)C(C)=C(C)C2C)c2ccccc21.Cl.Cl. The number of rotatable bonds is 2. The van der Waals surface area contributed by atoms with Gasteiger partial charge in [-0.05, 0) is 0 Å². The molecule has 0 aromatic heterocycles. The molecular formula is C20H26Cl2Zr. The number of hydrogen-bond donors (Lipinski definition) is 0. The molecule has 0 spiro atoms. The van der Waals surface area contributed by atoms with Gasteiger partial charge in [0.05, 0.1) is 0 Å². The van der Waals surface area contributed by atoms with Crippen molar-refractivity contribution in [1.29, 1.82) is 0 Å². The van der Waals surface area contributed by atoms with Crippen molar-refractivity contribution in [3.63, 3.8) is 0 Å². The minimum atomic E-state index is -0.708. The van der Waals surface area contributed by atoms with E-state index in [0.29, 0.717) is 9.04 Å². The van der Waals surface area contributed by atoms with Gasteiger partial charge in [0.15, 0.2) is 0 Å². The van der Waals surface area contributed by atoms with Crippen molar-refractivity contribution in [2.75, 3.05) is 0 Å². The normalized spacial score (nSPS) is 25.7. The Morgan fingerprint density at radius 2 is 1.57 bits per heavy atom. The van der Waals surface area contributed by atoms with Crippen LogP contribution in [0.2, 0.25) is 0 Å². The van der Waals surface area contributed by atoms with Crippen LogP contribution in [0.3, 0.4) is 0 Å². The van der Waals surface area contributed by atoms with E-state index in [1.165, 1.54) is 11.1 Å². The zero-order valence-electron chi connectivity index (χ0n) is 14.8. The molecule has 0 heterocycles. The van der Waals surface area contributed by atoms with Crippen LogP contribution in [0.5, 0.6) is 0 Å². The van der Waals surface area contributed by atoms with E-state index in [9.17, 15) is 0 Å². The average Bonchev–Trinajstić information content (AvgIpc) is 2.82. The fourth-order valence-corrected chi connectivity index (χ4v) is 8.76. The first-order valence-corrected chi connectivity index (χ1v) is 10.3. The summed E-state index contributed by atoms with van der Waals surface area (Å²) in [7, 11) is 0. The summed E-state index contributed by atoms with van der Waals surface area (Å²) in [5.74, 6) is 0.676. The summed E-state index contributed by atoms with van der Waals surface area (Å²) >= 11 is -0.708. The molecule has 2 atom stereocenters. The average molecular weight is 429 g/mol. The van der Waals surface area contributed by atoms with E-state index in [4.69, 9.17) is 0 Å². The van der Waals surface area contributed by atoms with Crippen molar-refractivity contribution >= 4 is 30.4 Å². The molecule has 0 radical (unpaired) electrons. The Labute approximate surface area is 164 Å². The predicted octanol–water partition coefficient (Wildman–Crippen LogP) is 6.50. The fraction of sp³-hybridized carbons (Fsp3) is 0.400. The van der Waals surface area contributed by atoms with E-state index in [1.807, 2.05) is 0 Å². The van der Waals surface area contributed by atoms with E-state index < -0.39 is 23.2 Å². The molecule has 2 unspecified atom stereocenters. The molecule has 1 aromatic rings. The Morgan fingerprint density at radius 3 is 2.13 bits per heavy atom. The molecule has 0 aliphatic heterocycles. The molecule has 23 heavy (non-hydrogen) atoms. The second kappa shape index (κ2) is 7.42. The van der Waals surface area contributed by atoms with Gasteiger partial charge in [0, 0.05) is 0 Å². The maximum atomic E-state index is 2.56. The Hall–Kier alpha value is -0.0969. The van der Waals surface area contributed by atoms with Crippen LogP contribution >= 0.6 is 24.8 Å². The van der Waals surface area contributed by atoms with Crippen molar-refractivity contribution in [2.45, 2.75) is 44.7 Å². The van der Waals surface area contributed by atoms with Crippen LogP contribution in [-0.2, 0) is 26.4 Å². The third-order valence-electron chi connectivity index (χ3n) is 5.45. The second-order valence-electron chi connectivity index (χ2n) is 6.77. The molecule has 0 N–H and O–H groups in total. The maximum Gasteiger partial charge on any atom is -0.147 e. The molecule has 2 aliphatic carbocycles. The minimum Gasteiger partial charge on any atom is -0.147 e. The molecule has 0 saturated heterocycles. The van der Waals surface area contributed by atoms with Gasteiger partial charge in [-0.2, -0.15) is 0 Å². The number of benzene rings is 1. The topological polar surface area (TPSA) is 0 Å². The van der Waals surface area contributed by atoms with E-state index in [-0.39, 0.29) is 24.8 Å². The van der Waals surface area contributed by atoms with Crippen LogP contribution in [0.15, 0.2) is 50.3 Å². The van der Waals surface area contributed by atoms with Crippen LogP contribution in [-0.4, -0.2) is 0 Å². The van der Waals surface area contributed by atoms with Gasteiger partial charge in [-0.3, -0.25) is 0 Å². The molecule has 0 bridgehead atoms. The smallest absolute Gasteiger partial charge is 0.147 e. The van der Waals surface area contributed by atoms with Gasteiger partial charge in [0.1, 0.15) is 0 Å². The summed E-state index contributed by atoms with van der Waals surface area (Å²) in [6, 6.07) is 9.02. The summed E-state index contributed by atoms with van der Waals surface area (Å²) in [6.07, 6.45) is 2.56. The first kappa shape index (κ1) is 20.9. The van der Waals surface area contributed by atoms with Crippen molar-refractivity contribution in [1.82, 2.24) is 0 Å². The molecule has 124 valence electrons. The molecule has 2 aliphatic rings. The van der Waals surface area contributed by atoms with Gasteiger partial charge in [-0.25, -0.2) is 0 Å². The van der Waals surface area contributed by atoms with E-state index >= 15 is 0 Å². The Balaban J connectivity index is 0.00000132. The molecule has 0 fully saturated rings. The van der Waals surface area contributed by atoms with E-state index in [1.54, 1.807) is 25.6 Å². The minimum absolute atomic E-state index is 0. The van der Waals surface area contributed by atoms with Crippen molar-refractivity contribution in [3.8, 4) is 0 Å².